The second-order valence-corrected chi connectivity index (χ2v) is 4.01. The van der Waals surface area contributed by atoms with Crippen LogP contribution in [0.1, 0.15) is 30.5 Å². The molecule has 1 aromatic carbocycles. The van der Waals surface area contributed by atoms with Crippen molar-refractivity contribution in [2.24, 2.45) is 0 Å². The summed E-state index contributed by atoms with van der Waals surface area (Å²) in [6, 6.07) is 8.75. The molecule has 0 radical (unpaired) electrons. The molecule has 2 heteroatoms. The first-order chi connectivity index (χ1) is 6.81. The third-order valence-electron chi connectivity index (χ3n) is 2.85. The van der Waals surface area contributed by atoms with Crippen molar-refractivity contribution in [3.05, 3.63) is 35.4 Å². The summed E-state index contributed by atoms with van der Waals surface area (Å²) in [6.07, 6.45) is 2.22. The molecule has 0 heterocycles. The molecule has 0 bridgehead atoms. The summed E-state index contributed by atoms with van der Waals surface area (Å²) >= 11 is 0. The first-order valence-corrected chi connectivity index (χ1v) is 5.21. The van der Waals surface area contributed by atoms with Crippen molar-refractivity contribution in [2.45, 2.75) is 31.8 Å². The quantitative estimate of drug-likeness (QED) is 0.778. The van der Waals surface area contributed by atoms with Crippen LogP contribution in [0.2, 0.25) is 0 Å². The van der Waals surface area contributed by atoms with Crippen molar-refractivity contribution in [1.29, 1.82) is 0 Å². The molecule has 14 heavy (non-hydrogen) atoms. The van der Waals surface area contributed by atoms with E-state index in [-0.39, 0.29) is 12.7 Å². The molecule has 1 aliphatic rings. The van der Waals surface area contributed by atoms with Crippen LogP contribution in [0.4, 0.5) is 4.39 Å². The minimum Gasteiger partial charge on any atom is -0.305 e. The zero-order valence-electron chi connectivity index (χ0n) is 8.46. The molecular formula is C12H16FN. The molecule has 0 saturated heterocycles. The molecule has 1 aliphatic carbocycles. The number of hydrogen-bond acceptors (Lipinski definition) is 1. The van der Waals surface area contributed by atoms with Gasteiger partial charge in [-0.1, -0.05) is 24.3 Å². The minimum absolute atomic E-state index is 0.0360. The Kier molecular flexibility index (Phi) is 2.82. The van der Waals surface area contributed by atoms with Gasteiger partial charge in [0.2, 0.25) is 0 Å². The van der Waals surface area contributed by atoms with Gasteiger partial charge in [-0.2, -0.15) is 0 Å². The zero-order chi connectivity index (χ0) is 9.97. The third kappa shape index (κ3) is 1.80. The molecule has 0 aliphatic heterocycles. The standard InChI is InChI=1S/C12H16FN/c1-9(8-13)14-12-7-6-10-4-2-3-5-11(10)12/h2-5,9,12,14H,6-8H2,1H3. The molecule has 0 amide bonds. The number of alkyl halides is 1. The first kappa shape index (κ1) is 9.66. The Bertz CT molecular complexity index is 311. The molecule has 0 aromatic heterocycles. The summed E-state index contributed by atoms with van der Waals surface area (Å²) in [5.74, 6) is 0. The van der Waals surface area contributed by atoms with Crippen molar-refractivity contribution < 1.29 is 4.39 Å². The van der Waals surface area contributed by atoms with Crippen molar-refractivity contribution in [2.75, 3.05) is 6.67 Å². The lowest BCUT2D eigenvalue weighted by Crippen LogP contribution is -2.30. The smallest absolute Gasteiger partial charge is 0.104 e. The van der Waals surface area contributed by atoms with E-state index in [4.69, 9.17) is 0 Å². The lowest BCUT2D eigenvalue weighted by Gasteiger charge is -2.17. The Morgan fingerprint density at radius 3 is 3.07 bits per heavy atom. The summed E-state index contributed by atoms with van der Waals surface area (Å²) in [6.45, 7) is 1.60. The maximum Gasteiger partial charge on any atom is 0.104 e. The van der Waals surface area contributed by atoms with Crippen LogP contribution in [-0.2, 0) is 6.42 Å². The molecule has 1 aromatic rings. The molecule has 0 spiro atoms. The van der Waals surface area contributed by atoms with Gasteiger partial charge >= 0.3 is 0 Å². The molecule has 0 fully saturated rings. The number of hydrogen-bond donors (Lipinski definition) is 1. The van der Waals surface area contributed by atoms with Crippen LogP contribution in [0, 0.1) is 0 Å². The SMILES string of the molecule is CC(CF)NC1CCc2ccccc21. The molecule has 0 saturated carbocycles. The molecule has 2 unspecified atom stereocenters. The highest BCUT2D eigenvalue weighted by Gasteiger charge is 2.22. The predicted octanol–water partition coefficient (Wildman–Crippen LogP) is 2.62. The van der Waals surface area contributed by atoms with Crippen LogP contribution in [0.15, 0.2) is 24.3 Å². The Hall–Kier alpha value is -0.890. The van der Waals surface area contributed by atoms with Crippen LogP contribution in [-0.4, -0.2) is 12.7 Å². The van der Waals surface area contributed by atoms with E-state index in [2.05, 4.69) is 29.6 Å². The van der Waals surface area contributed by atoms with Crippen LogP contribution in [0.5, 0.6) is 0 Å². The third-order valence-corrected chi connectivity index (χ3v) is 2.85. The van der Waals surface area contributed by atoms with Gasteiger partial charge in [0, 0.05) is 12.1 Å². The maximum atomic E-state index is 12.4. The van der Waals surface area contributed by atoms with Crippen LogP contribution < -0.4 is 5.32 Å². The minimum atomic E-state index is -0.293. The molecule has 2 atom stereocenters. The Morgan fingerprint density at radius 2 is 2.29 bits per heavy atom. The van der Waals surface area contributed by atoms with Crippen molar-refractivity contribution >= 4 is 0 Å². The van der Waals surface area contributed by atoms with Gasteiger partial charge in [0.1, 0.15) is 6.67 Å². The second-order valence-electron chi connectivity index (χ2n) is 4.01. The fourth-order valence-corrected chi connectivity index (χ4v) is 2.12. The van der Waals surface area contributed by atoms with E-state index in [9.17, 15) is 4.39 Å². The number of nitrogens with one attached hydrogen (secondary N) is 1. The van der Waals surface area contributed by atoms with Gasteiger partial charge in [-0.25, -0.2) is 4.39 Å². The number of benzene rings is 1. The number of rotatable bonds is 3. The maximum absolute atomic E-state index is 12.4. The largest absolute Gasteiger partial charge is 0.305 e. The topological polar surface area (TPSA) is 12.0 Å². The van der Waals surface area contributed by atoms with E-state index in [1.807, 2.05) is 6.92 Å². The summed E-state index contributed by atoms with van der Waals surface area (Å²) in [7, 11) is 0. The lowest BCUT2D eigenvalue weighted by molar-refractivity contribution is 0.359. The van der Waals surface area contributed by atoms with Crippen molar-refractivity contribution in [1.82, 2.24) is 5.32 Å². The predicted molar refractivity (Wildman–Crippen MR) is 56.1 cm³/mol. The molecular weight excluding hydrogens is 177 g/mol. The van der Waals surface area contributed by atoms with E-state index in [0.29, 0.717) is 6.04 Å². The highest BCUT2D eigenvalue weighted by molar-refractivity contribution is 5.34. The lowest BCUT2D eigenvalue weighted by atomic mass is 10.1. The average molecular weight is 193 g/mol. The van der Waals surface area contributed by atoms with E-state index >= 15 is 0 Å². The fraction of sp³-hybridized carbons (Fsp3) is 0.500. The van der Waals surface area contributed by atoms with Crippen LogP contribution in [0.3, 0.4) is 0 Å². The van der Waals surface area contributed by atoms with Crippen LogP contribution >= 0.6 is 0 Å². The van der Waals surface area contributed by atoms with Gasteiger partial charge in [0.15, 0.2) is 0 Å². The van der Waals surface area contributed by atoms with E-state index in [0.717, 1.165) is 12.8 Å². The molecule has 1 nitrogen and oxygen atoms in total. The normalized spacial score (nSPS) is 22.0. The highest BCUT2D eigenvalue weighted by atomic mass is 19.1. The zero-order valence-corrected chi connectivity index (χ0v) is 8.46. The van der Waals surface area contributed by atoms with Gasteiger partial charge in [-0.05, 0) is 30.9 Å². The molecule has 1 N–H and O–H groups in total. The Labute approximate surface area is 84.3 Å². The van der Waals surface area contributed by atoms with Gasteiger partial charge in [-0.15, -0.1) is 0 Å². The highest BCUT2D eigenvalue weighted by Crippen LogP contribution is 2.30. The van der Waals surface area contributed by atoms with E-state index < -0.39 is 0 Å². The van der Waals surface area contributed by atoms with E-state index in [1.54, 1.807) is 0 Å². The van der Waals surface area contributed by atoms with E-state index in [1.165, 1.54) is 11.1 Å². The summed E-state index contributed by atoms with van der Waals surface area (Å²) in [5, 5.41) is 3.31. The van der Waals surface area contributed by atoms with Gasteiger partial charge in [0.25, 0.3) is 0 Å². The fourth-order valence-electron chi connectivity index (χ4n) is 2.12. The molecule has 76 valence electrons. The number of aryl methyl sites for hydroxylation is 1. The van der Waals surface area contributed by atoms with Crippen LogP contribution in [0.25, 0.3) is 0 Å². The molecule has 2 rings (SSSR count). The summed E-state index contributed by atoms with van der Waals surface area (Å²) < 4.78 is 12.4. The Balaban J connectivity index is 2.10. The van der Waals surface area contributed by atoms with Crippen molar-refractivity contribution in [3.63, 3.8) is 0 Å². The Morgan fingerprint density at radius 1 is 1.50 bits per heavy atom. The summed E-state index contributed by atoms with van der Waals surface area (Å²) in [5.41, 5.74) is 2.77. The first-order valence-electron chi connectivity index (χ1n) is 5.21. The number of halogens is 1. The van der Waals surface area contributed by atoms with Gasteiger partial charge < -0.3 is 5.32 Å². The summed E-state index contributed by atoms with van der Waals surface area (Å²) in [4.78, 5) is 0. The van der Waals surface area contributed by atoms with Crippen molar-refractivity contribution in [3.8, 4) is 0 Å². The second kappa shape index (κ2) is 4.09. The van der Waals surface area contributed by atoms with Gasteiger partial charge in [-0.3, -0.25) is 0 Å². The monoisotopic (exact) mass is 193 g/mol. The van der Waals surface area contributed by atoms with Gasteiger partial charge in [0.05, 0.1) is 0 Å². The average Bonchev–Trinajstić information content (AvgIpc) is 2.62. The number of fused-ring (bicyclic) bond motifs is 1.